The van der Waals surface area contributed by atoms with Gasteiger partial charge in [0.15, 0.2) is 23.1 Å². The smallest absolute Gasteiger partial charge is 0.268 e. The summed E-state index contributed by atoms with van der Waals surface area (Å²) in [6.45, 7) is 2.13. The van der Waals surface area contributed by atoms with Crippen LogP contribution in [0.4, 0.5) is 4.39 Å². The van der Waals surface area contributed by atoms with Gasteiger partial charge in [0.2, 0.25) is 0 Å². The van der Waals surface area contributed by atoms with E-state index >= 15 is 0 Å². The minimum atomic E-state index is -0.430. The van der Waals surface area contributed by atoms with Crippen molar-refractivity contribution in [2.45, 2.75) is 0 Å². The zero-order valence-electron chi connectivity index (χ0n) is 14.4. The molecule has 1 amide bonds. The predicted molar refractivity (Wildman–Crippen MR) is 95.0 cm³/mol. The normalized spacial score (nSPS) is 12.7. The molecule has 2 heterocycles. The molecule has 3 rings (SSSR count). The fourth-order valence-electron chi connectivity index (χ4n) is 2.50. The Bertz CT molecular complexity index is 751. The molecule has 26 heavy (non-hydrogen) atoms. The van der Waals surface area contributed by atoms with Gasteiger partial charge in [0.1, 0.15) is 24.7 Å². The lowest BCUT2D eigenvalue weighted by Gasteiger charge is -2.23. The number of rotatable bonds is 8. The molecule has 0 bridgehead atoms. The van der Waals surface area contributed by atoms with Crippen LogP contribution in [0.15, 0.2) is 29.6 Å². The first-order chi connectivity index (χ1) is 12.7. The van der Waals surface area contributed by atoms with Gasteiger partial charge in [0, 0.05) is 19.0 Å². The van der Waals surface area contributed by atoms with Crippen LogP contribution in [-0.2, 0) is 4.74 Å². The number of hydrogen-bond acceptors (Lipinski definition) is 6. The van der Waals surface area contributed by atoms with Crippen molar-refractivity contribution in [2.75, 3.05) is 46.6 Å². The molecule has 140 valence electrons. The van der Waals surface area contributed by atoms with Crippen molar-refractivity contribution < 1.29 is 28.1 Å². The summed E-state index contributed by atoms with van der Waals surface area (Å²) in [4.78, 5) is 15.0. The molecule has 1 aromatic heterocycles. The van der Waals surface area contributed by atoms with Crippen LogP contribution in [-0.4, -0.2) is 57.4 Å². The van der Waals surface area contributed by atoms with Crippen LogP contribution in [0.1, 0.15) is 9.67 Å². The SMILES string of the molecule is COCCN(CCOc1ccccc1F)C(=O)c1scc2c1OCCO2. The molecule has 0 unspecified atom stereocenters. The third-order valence-corrected chi connectivity index (χ3v) is 4.73. The maximum atomic E-state index is 13.6. The van der Waals surface area contributed by atoms with Crippen LogP contribution in [0.5, 0.6) is 17.2 Å². The van der Waals surface area contributed by atoms with E-state index in [2.05, 4.69) is 0 Å². The van der Waals surface area contributed by atoms with E-state index in [1.54, 1.807) is 35.6 Å². The fourth-order valence-corrected chi connectivity index (χ4v) is 3.39. The van der Waals surface area contributed by atoms with Crippen LogP contribution in [0, 0.1) is 5.82 Å². The third-order valence-electron chi connectivity index (χ3n) is 3.80. The largest absolute Gasteiger partial charge is 0.489 e. The Hall–Kier alpha value is -2.32. The number of benzene rings is 1. The molecule has 0 N–H and O–H groups in total. The number of thiophene rings is 1. The van der Waals surface area contributed by atoms with Crippen LogP contribution in [0.25, 0.3) is 0 Å². The number of halogens is 1. The third kappa shape index (κ3) is 4.25. The lowest BCUT2D eigenvalue weighted by atomic mass is 10.3. The van der Waals surface area contributed by atoms with E-state index in [0.29, 0.717) is 49.3 Å². The molecule has 1 aromatic carbocycles. The average molecular weight is 381 g/mol. The maximum Gasteiger partial charge on any atom is 0.268 e. The van der Waals surface area contributed by atoms with E-state index in [1.807, 2.05) is 0 Å². The van der Waals surface area contributed by atoms with E-state index in [9.17, 15) is 9.18 Å². The van der Waals surface area contributed by atoms with Gasteiger partial charge in [-0.2, -0.15) is 0 Å². The van der Waals surface area contributed by atoms with E-state index < -0.39 is 5.82 Å². The van der Waals surface area contributed by atoms with Crippen molar-refractivity contribution in [2.24, 2.45) is 0 Å². The highest BCUT2D eigenvalue weighted by molar-refractivity contribution is 7.12. The summed E-state index contributed by atoms with van der Waals surface area (Å²) in [5, 5.41) is 1.77. The van der Waals surface area contributed by atoms with Crippen LogP contribution in [0.3, 0.4) is 0 Å². The Morgan fingerprint density at radius 2 is 2.00 bits per heavy atom. The summed E-state index contributed by atoms with van der Waals surface area (Å²) in [6.07, 6.45) is 0. The minimum absolute atomic E-state index is 0.164. The lowest BCUT2D eigenvalue weighted by Crippen LogP contribution is -2.37. The highest BCUT2D eigenvalue weighted by Crippen LogP contribution is 2.39. The number of hydrogen-bond donors (Lipinski definition) is 0. The lowest BCUT2D eigenvalue weighted by molar-refractivity contribution is 0.0661. The Kier molecular flexibility index (Phi) is 6.30. The molecule has 0 saturated carbocycles. The Labute approximate surface area is 155 Å². The van der Waals surface area contributed by atoms with Gasteiger partial charge in [0.05, 0.1) is 13.2 Å². The second-order valence-electron chi connectivity index (χ2n) is 5.52. The van der Waals surface area contributed by atoms with Crippen LogP contribution >= 0.6 is 11.3 Å². The van der Waals surface area contributed by atoms with Crippen molar-refractivity contribution >= 4 is 17.2 Å². The molecule has 8 heteroatoms. The summed E-state index contributed by atoms with van der Waals surface area (Å²) < 4.78 is 35.3. The number of fused-ring (bicyclic) bond motifs is 1. The first-order valence-electron chi connectivity index (χ1n) is 8.23. The highest BCUT2D eigenvalue weighted by atomic mass is 32.1. The monoisotopic (exact) mass is 381 g/mol. The van der Waals surface area contributed by atoms with Gasteiger partial charge in [0.25, 0.3) is 5.91 Å². The Balaban J connectivity index is 1.66. The van der Waals surface area contributed by atoms with Crippen LogP contribution in [0.2, 0.25) is 0 Å². The van der Waals surface area contributed by atoms with Gasteiger partial charge in [-0.1, -0.05) is 12.1 Å². The summed E-state index contributed by atoms with van der Waals surface area (Å²) >= 11 is 1.28. The molecule has 0 aliphatic carbocycles. The number of para-hydroxylation sites is 1. The Morgan fingerprint density at radius 3 is 2.81 bits per heavy atom. The number of ether oxygens (including phenoxy) is 4. The van der Waals surface area contributed by atoms with Crippen molar-refractivity contribution in [3.05, 3.63) is 40.3 Å². The highest BCUT2D eigenvalue weighted by Gasteiger charge is 2.27. The number of carbonyl (C=O) groups excluding carboxylic acids is 1. The number of carbonyl (C=O) groups is 1. The first kappa shape index (κ1) is 18.5. The quantitative estimate of drug-likeness (QED) is 0.704. The second kappa shape index (κ2) is 8.86. The fraction of sp³-hybridized carbons (Fsp3) is 0.389. The minimum Gasteiger partial charge on any atom is -0.489 e. The molecule has 0 saturated heterocycles. The molecule has 1 aliphatic rings. The van der Waals surface area contributed by atoms with Crippen molar-refractivity contribution in [1.82, 2.24) is 4.90 Å². The molecule has 0 fully saturated rings. The van der Waals surface area contributed by atoms with Gasteiger partial charge in [-0.25, -0.2) is 4.39 Å². The molecule has 0 radical (unpaired) electrons. The zero-order valence-corrected chi connectivity index (χ0v) is 15.2. The maximum absolute atomic E-state index is 13.6. The average Bonchev–Trinajstić information content (AvgIpc) is 3.09. The summed E-state index contributed by atoms with van der Waals surface area (Å²) in [5.74, 6) is 0.635. The van der Waals surface area contributed by atoms with Crippen molar-refractivity contribution in [1.29, 1.82) is 0 Å². The number of nitrogens with zero attached hydrogens (tertiary/aromatic N) is 1. The van der Waals surface area contributed by atoms with Crippen LogP contribution < -0.4 is 14.2 Å². The summed E-state index contributed by atoms with van der Waals surface area (Å²) in [6, 6.07) is 6.18. The van der Waals surface area contributed by atoms with Gasteiger partial charge in [-0.15, -0.1) is 11.3 Å². The van der Waals surface area contributed by atoms with E-state index in [-0.39, 0.29) is 18.3 Å². The van der Waals surface area contributed by atoms with E-state index in [4.69, 9.17) is 18.9 Å². The molecule has 0 atom stereocenters. The van der Waals surface area contributed by atoms with E-state index in [0.717, 1.165) is 0 Å². The first-order valence-corrected chi connectivity index (χ1v) is 9.11. The van der Waals surface area contributed by atoms with Gasteiger partial charge >= 0.3 is 0 Å². The topological polar surface area (TPSA) is 57.2 Å². The zero-order chi connectivity index (χ0) is 18.4. The van der Waals surface area contributed by atoms with E-state index in [1.165, 1.54) is 17.4 Å². The predicted octanol–water partition coefficient (Wildman–Crippen LogP) is 2.83. The van der Waals surface area contributed by atoms with Crippen molar-refractivity contribution in [3.63, 3.8) is 0 Å². The summed E-state index contributed by atoms with van der Waals surface area (Å²) in [7, 11) is 1.57. The molecule has 1 aliphatic heterocycles. The van der Waals surface area contributed by atoms with Crippen molar-refractivity contribution in [3.8, 4) is 17.2 Å². The van der Waals surface area contributed by atoms with Gasteiger partial charge < -0.3 is 23.8 Å². The standard InChI is InChI=1S/C18H20FNO5S/c1-22-8-6-20(7-9-23-14-5-3-2-4-13(14)19)18(21)17-16-15(12-26-17)24-10-11-25-16/h2-5,12H,6-11H2,1H3. The van der Waals surface area contributed by atoms with Gasteiger partial charge in [-0.05, 0) is 12.1 Å². The second-order valence-corrected chi connectivity index (χ2v) is 6.40. The molecule has 0 spiro atoms. The molecular weight excluding hydrogens is 361 g/mol. The molecule has 6 nitrogen and oxygen atoms in total. The Morgan fingerprint density at radius 1 is 1.23 bits per heavy atom. The van der Waals surface area contributed by atoms with Gasteiger partial charge in [-0.3, -0.25) is 4.79 Å². The molecular formula is C18H20FNO5S. The molecule has 2 aromatic rings. The summed E-state index contributed by atoms with van der Waals surface area (Å²) in [5.41, 5.74) is 0. The number of amides is 1. The number of methoxy groups -OCH3 is 1.